The van der Waals surface area contributed by atoms with E-state index in [1.54, 1.807) is 0 Å². The Labute approximate surface area is 248 Å². The Balaban J connectivity index is 1.29. The number of benzene rings is 2. The van der Waals surface area contributed by atoms with Crippen molar-refractivity contribution in [2.45, 2.75) is 97.4 Å². The number of hydrogen-bond donors (Lipinski definition) is 3. The first-order valence-corrected chi connectivity index (χ1v) is 16.5. The molecule has 0 bridgehead atoms. The standard InChI is InChI=1S/C38H52O3/c1-5-28-32-22-27(39)20-21-37(32,3)33-23-34(40)38(4)30(18-19-31(38)35(33)36(28)41)24(2)16-17-29(25-12-8-6-9-13-25)26-14-10-7-11-15-26/h6-15,17,24,27-28,30-36,39-41H,5,16,18-23H2,1-4H3/t24-,27-,28-,30-,31?,32?,33?,34+,35?,36-,37+,38-/m1/s1. The van der Waals surface area contributed by atoms with Crippen LogP contribution in [0.1, 0.15) is 90.2 Å². The highest BCUT2D eigenvalue weighted by atomic mass is 16.3. The van der Waals surface area contributed by atoms with Crippen molar-refractivity contribution in [1.29, 1.82) is 0 Å². The van der Waals surface area contributed by atoms with E-state index in [-0.39, 0.29) is 41.0 Å². The first kappa shape index (κ1) is 29.1. The first-order valence-electron chi connectivity index (χ1n) is 16.5. The SMILES string of the molecule is CC[C@@H]1C2C[C@H](O)CC[C@]2(C)C2C[C@H](O)[C@@]3(C)C(CC[C@@H]3[C@H](C)CC=C(c3ccccc3)c3ccccc3)C2[C@@H]1O. The molecule has 2 aromatic rings. The Hall–Kier alpha value is -1.94. The lowest BCUT2D eigenvalue weighted by Crippen LogP contribution is -2.65. The van der Waals surface area contributed by atoms with Gasteiger partial charge in [-0.15, -0.1) is 0 Å². The lowest BCUT2D eigenvalue weighted by Gasteiger charge is -2.65. The molecule has 0 saturated heterocycles. The Morgan fingerprint density at radius 3 is 2.10 bits per heavy atom. The summed E-state index contributed by atoms with van der Waals surface area (Å²) in [6.45, 7) is 9.45. The summed E-state index contributed by atoms with van der Waals surface area (Å²) in [5, 5.41) is 34.7. The van der Waals surface area contributed by atoms with Crippen LogP contribution >= 0.6 is 0 Å². The highest BCUT2D eigenvalue weighted by Gasteiger charge is 2.67. The van der Waals surface area contributed by atoms with Crippen molar-refractivity contribution in [3.8, 4) is 0 Å². The molecular weight excluding hydrogens is 504 g/mol. The van der Waals surface area contributed by atoms with Gasteiger partial charge in [-0.2, -0.15) is 0 Å². The molecule has 3 nitrogen and oxygen atoms in total. The summed E-state index contributed by atoms with van der Waals surface area (Å²) in [6, 6.07) is 21.4. The number of aliphatic hydroxyl groups excluding tert-OH is 3. The molecule has 0 amide bonds. The molecule has 6 rings (SSSR count). The number of rotatable bonds is 6. The normalized spacial score (nSPS) is 42.5. The number of fused-ring (bicyclic) bond motifs is 5. The van der Waals surface area contributed by atoms with E-state index in [1.807, 2.05) is 0 Å². The molecule has 4 unspecified atom stereocenters. The number of allylic oxidation sites excluding steroid dienone is 1. The third-order valence-electron chi connectivity index (χ3n) is 13.1. The third kappa shape index (κ3) is 4.75. The van der Waals surface area contributed by atoms with Crippen molar-refractivity contribution < 1.29 is 15.3 Å². The summed E-state index contributed by atoms with van der Waals surface area (Å²) < 4.78 is 0. The average Bonchev–Trinajstić information content (AvgIpc) is 3.34. The monoisotopic (exact) mass is 556 g/mol. The van der Waals surface area contributed by atoms with E-state index in [1.165, 1.54) is 16.7 Å². The van der Waals surface area contributed by atoms with Gasteiger partial charge in [-0.25, -0.2) is 0 Å². The number of aliphatic hydroxyl groups is 3. The highest BCUT2D eigenvalue weighted by molar-refractivity contribution is 5.79. The molecule has 4 aliphatic carbocycles. The van der Waals surface area contributed by atoms with Gasteiger partial charge in [0.1, 0.15) is 0 Å². The van der Waals surface area contributed by atoms with Crippen LogP contribution in [0.2, 0.25) is 0 Å². The van der Waals surface area contributed by atoms with Crippen LogP contribution in [0.25, 0.3) is 5.57 Å². The molecule has 2 aromatic carbocycles. The largest absolute Gasteiger partial charge is 0.393 e. The zero-order valence-corrected chi connectivity index (χ0v) is 25.6. The van der Waals surface area contributed by atoms with Gasteiger partial charge in [-0.3, -0.25) is 0 Å². The van der Waals surface area contributed by atoms with E-state index >= 15 is 0 Å². The van der Waals surface area contributed by atoms with Crippen LogP contribution in [-0.2, 0) is 0 Å². The van der Waals surface area contributed by atoms with Crippen molar-refractivity contribution in [2.24, 2.45) is 52.3 Å². The van der Waals surface area contributed by atoms with Crippen LogP contribution in [0.15, 0.2) is 66.7 Å². The molecule has 0 radical (unpaired) electrons. The average molecular weight is 557 g/mol. The lowest BCUT2D eigenvalue weighted by atomic mass is 9.41. The second kappa shape index (κ2) is 11.3. The maximum atomic E-state index is 12.0. The molecule has 12 atom stereocenters. The minimum Gasteiger partial charge on any atom is -0.393 e. The van der Waals surface area contributed by atoms with Crippen molar-refractivity contribution in [3.63, 3.8) is 0 Å². The summed E-state index contributed by atoms with van der Waals surface area (Å²) in [4.78, 5) is 0. The predicted molar refractivity (Wildman–Crippen MR) is 167 cm³/mol. The van der Waals surface area contributed by atoms with E-state index in [4.69, 9.17) is 0 Å². The summed E-state index contributed by atoms with van der Waals surface area (Å²) in [7, 11) is 0. The van der Waals surface area contributed by atoms with E-state index in [9.17, 15) is 15.3 Å². The van der Waals surface area contributed by atoms with Crippen LogP contribution in [0.3, 0.4) is 0 Å². The van der Waals surface area contributed by atoms with Crippen LogP contribution in [0.5, 0.6) is 0 Å². The lowest BCUT2D eigenvalue weighted by molar-refractivity contribution is -0.228. The van der Waals surface area contributed by atoms with Crippen LogP contribution in [0.4, 0.5) is 0 Å². The summed E-state index contributed by atoms with van der Waals surface area (Å²) in [5.74, 6) is 2.40. The fraction of sp³-hybridized carbons (Fsp3) is 0.632. The maximum Gasteiger partial charge on any atom is 0.0605 e. The Bertz CT molecular complexity index is 1170. The third-order valence-corrected chi connectivity index (χ3v) is 13.1. The van der Waals surface area contributed by atoms with Crippen LogP contribution < -0.4 is 0 Å². The Morgan fingerprint density at radius 1 is 0.854 bits per heavy atom. The van der Waals surface area contributed by atoms with Gasteiger partial charge in [0.2, 0.25) is 0 Å². The minimum absolute atomic E-state index is 0.0961. The van der Waals surface area contributed by atoms with Crippen LogP contribution in [-0.4, -0.2) is 33.6 Å². The topological polar surface area (TPSA) is 60.7 Å². The van der Waals surface area contributed by atoms with Gasteiger partial charge in [0.15, 0.2) is 0 Å². The van der Waals surface area contributed by atoms with Crippen molar-refractivity contribution >= 4 is 5.57 Å². The molecule has 222 valence electrons. The van der Waals surface area contributed by atoms with Gasteiger partial charge >= 0.3 is 0 Å². The Morgan fingerprint density at radius 2 is 1.49 bits per heavy atom. The zero-order valence-electron chi connectivity index (χ0n) is 25.6. The highest BCUT2D eigenvalue weighted by Crippen LogP contribution is 2.69. The Kier molecular flexibility index (Phi) is 8.02. The smallest absolute Gasteiger partial charge is 0.0605 e. The zero-order chi connectivity index (χ0) is 28.9. The van der Waals surface area contributed by atoms with Gasteiger partial charge < -0.3 is 15.3 Å². The molecule has 4 fully saturated rings. The van der Waals surface area contributed by atoms with Crippen LogP contribution in [0, 0.1) is 52.3 Å². The molecule has 0 spiro atoms. The quantitative estimate of drug-likeness (QED) is 0.341. The fourth-order valence-electron chi connectivity index (χ4n) is 11.0. The summed E-state index contributed by atoms with van der Waals surface area (Å²) in [6.07, 6.45) is 9.18. The van der Waals surface area contributed by atoms with Gasteiger partial charge in [0, 0.05) is 0 Å². The van der Waals surface area contributed by atoms with Crippen molar-refractivity contribution in [1.82, 2.24) is 0 Å². The van der Waals surface area contributed by atoms with E-state index in [0.717, 1.165) is 51.4 Å². The maximum absolute atomic E-state index is 12.0. The van der Waals surface area contributed by atoms with E-state index < -0.39 is 0 Å². The fourth-order valence-corrected chi connectivity index (χ4v) is 11.0. The predicted octanol–water partition coefficient (Wildman–Crippen LogP) is 7.74. The first-order chi connectivity index (χ1) is 19.7. The summed E-state index contributed by atoms with van der Waals surface area (Å²) in [5.41, 5.74) is 3.70. The van der Waals surface area contributed by atoms with Gasteiger partial charge in [-0.05, 0) is 114 Å². The second-order valence-electron chi connectivity index (χ2n) is 14.8. The summed E-state index contributed by atoms with van der Waals surface area (Å²) >= 11 is 0. The molecule has 3 N–H and O–H groups in total. The molecule has 41 heavy (non-hydrogen) atoms. The van der Waals surface area contributed by atoms with Crippen molar-refractivity contribution in [2.75, 3.05) is 0 Å². The molecule has 4 aliphatic rings. The second-order valence-corrected chi connectivity index (χ2v) is 14.8. The van der Waals surface area contributed by atoms with Gasteiger partial charge in [-0.1, -0.05) is 101 Å². The molecule has 0 heterocycles. The van der Waals surface area contributed by atoms with Crippen molar-refractivity contribution in [3.05, 3.63) is 77.9 Å². The van der Waals surface area contributed by atoms with E-state index in [2.05, 4.69) is 94.4 Å². The van der Waals surface area contributed by atoms with Gasteiger partial charge in [0.25, 0.3) is 0 Å². The number of hydrogen-bond acceptors (Lipinski definition) is 3. The molecular formula is C38H52O3. The van der Waals surface area contributed by atoms with E-state index in [0.29, 0.717) is 29.6 Å². The molecule has 0 aliphatic heterocycles. The molecule has 3 heteroatoms. The molecule has 4 saturated carbocycles. The van der Waals surface area contributed by atoms with Gasteiger partial charge in [0.05, 0.1) is 18.3 Å². The minimum atomic E-state index is -0.343. The molecule has 0 aromatic heterocycles.